The van der Waals surface area contributed by atoms with Crippen LogP contribution in [0.1, 0.15) is 64.2 Å². The van der Waals surface area contributed by atoms with Crippen LogP contribution in [0.5, 0.6) is 0 Å². The van der Waals surface area contributed by atoms with Gasteiger partial charge in [-0.1, -0.05) is 12.8 Å². The third-order valence-electron chi connectivity index (χ3n) is 8.64. The van der Waals surface area contributed by atoms with Crippen molar-refractivity contribution in [3.63, 3.8) is 0 Å². The van der Waals surface area contributed by atoms with Gasteiger partial charge in [0, 0.05) is 5.92 Å². The lowest BCUT2D eigenvalue weighted by Crippen LogP contribution is -2.85. The summed E-state index contributed by atoms with van der Waals surface area (Å²) in [6.45, 7) is 0. The van der Waals surface area contributed by atoms with E-state index >= 15 is 0 Å². The fraction of sp³-hybridized carbons (Fsp3) is 0.625. The van der Waals surface area contributed by atoms with Gasteiger partial charge in [0.1, 0.15) is 23.7 Å². The van der Waals surface area contributed by atoms with E-state index in [-0.39, 0.29) is 17.9 Å². The maximum Gasteiger partial charge on any atom is 0.321 e. The number of carbonyl (C=O) groups is 6. The van der Waals surface area contributed by atoms with E-state index in [2.05, 4.69) is 10.3 Å². The fourth-order valence-corrected chi connectivity index (χ4v) is 6.45. The molecule has 0 aliphatic heterocycles. The van der Waals surface area contributed by atoms with E-state index in [1.165, 1.54) is 0 Å². The van der Waals surface area contributed by atoms with Gasteiger partial charge in [0.2, 0.25) is 0 Å². The van der Waals surface area contributed by atoms with E-state index in [1.807, 2.05) is 0 Å². The van der Waals surface area contributed by atoms with Gasteiger partial charge in [0.05, 0.1) is 60.7 Å². The predicted molar refractivity (Wildman–Crippen MR) is 158 cm³/mol. The van der Waals surface area contributed by atoms with Crippen molar-refractivity contribution in [1.29, 1.82) is 0 Å². The molecule has 3 aliphatic rings. The van der Waals surface area contributed by atoms with Crippen molar-refractivity contribution in [1.82, 2.24) is 5.32 Å². The highest BCUT2D eigenvalue weighted by Crippen LogP contribution is 2.59. The number of esters is 6. The number of hydrogen-bond donors (Lipinski definition) is 2. The molecule has 5 radical (unpaired) electrons. The molecule has 253 valence electrons. The third-order valence-corrected chi connectivity index (χ3v) is 8.64. The predicted octanol–water partition coefficient (Wildman–Crippen LogP) is -0.123. The monoisotopic (exact) mass is 648 g/mol. The molecule has 2 atom stereocenters. The Morgan fingerprint density at radius 1 is 0.565 bits per heavy atom. The summed E-state index contributed by atoms with van der Waals surface area (Å²) >= 11 is 0. The van der Waals surface area contributed by atoms with Gasteiger partial charge in [-0.15, -0.1) is 0 Å². The molecule has 14 heteroatoms. The average molecular weight is 649 g/mol. The number of carbonyl (C=O) groups excluding carboxylic acids is 6. The molecule has 3 aliphatic carbocycles. The van der Waals surface area contributed by atoms with E-state index in [1.54, 1.807) is 0 Å². The van der Waals surface area contributed by atoms with Gasteiger partial charge in [0.15, 0.2) is 5.92 Å². The number of rotatable bonds is 11. The van der Waals surface area contributed by atoms with Crippen LogP contribution < -0.4 is 10.3 Å². The molecular formula is C32H44N2O12+. The van der Waals surface area contributed by atoms with Crippen molar-refractivity contribution in [2.24, 2.45) is 11.8 Å². The summed E-state index contributed by atoms with van der Waals surface area (Å²) in [5, 5.41) is 3.44. The van der Waals surface area contributed by atoms with Crippen LogP contribution in [0, 0.1) is 41.4 Å². The van der Waals surface area contributed by atoms with Crippen molar-refractivity contribution in [3.05, 3.63) is 29.6 Å². The fourth-order valence-electron chi connectivity index (χ4n) is 6.45. The molecule has 0 aromatic carbocycles. The van der Waals surface area contributed by atoms with Crippen molar-refractivity contribution < 1.29 is 62.2 Å². The van der Waals surface area contributed by atoms with Crippen molar-refractivity contribution in [2.75, 3.05) is 42.7 Å². The highest BCUT2D eigenvalue weighted by molar-refractivity contribution is 6.24. The van der Waals surface area contributed by atoms with E-state index in [0.29, 0.717) is 0 Å². The third kappa shape index (κ3) is 7.98. The van der Waals surface area contributed by atoms with Gasteiger partial charge >= 0.3 is 35.8 Å². The van der Waals surface area contributed by atoms with Crippen LogP contribution in [0.2, 0.25) is 0 Å². The van der Waals surface area contributed by atoms with Crippen LogP contribution in [0.25, 0.3) is 0 Å². The normalized spacial score (nSPS) is 21.1. The van der Waals surface area contributed by atoms with E-state index < -0.39 is 77.2 Å². The first-order chi connectivity index (χ1) is 22.1. The Morgan fingerprint density at radius 2 is 0.978 bits per heavy atom. The Balaban J connectivity index is 2.35. The van der Waals surface area contributed by atoms with Crippen LogP contribution in [-0.2, 0) is 57.2 Å². The number of methoxy groups -OCH3 is 6. The minimum Gasteiger partial charge on any atom is -0.469 e. The molecule has 14 nitrogen and oxygen atoms in total. The van der Waals surface area contributed by atoms with E-state index in [4.69, 9.17) is 28.4 Å². The second-order valence-electron chi connectivity index (χ2n) is 11.3. The zero-order chi connectivity index (χ0) is 34.0. The van der Waals surface area contributed by atoms with Gasteiger partial charge < -0.3 is 28.4 Å². The maximum atomic E-state index is 14.0. The SMILES string of the molecule is COC(=O)[C]1[C](C(=O)OC)[C](C(=O)OC)[C]([C@H](C(=O)OC)[C@@H](C(=O)OC)C(NC2CCCCC2)=[NH+]C2CCCCC2)[C]1C(=O)OC. The highest BCUT2D eigenvalue weighted by Gasteiger charge is 2.70. The molecule has 0 saturated heterocycles. The second-order valence-corrected chi connectivity index (χ2v) is 11.3. The first kappa shape index (κ1) is 36.8. The molecule has 0 unspecified atom stereocenters. The number of nitrogens with one attached hydrogen (secondary N) is 2. The van der Waals surface area contributed by atoms with E-state index in [9.17, 15) is 28.8 Å². The summed E-state index contributed by atoms with van der Waals surface area (Å²) in [5.74, 6) is -13.2. The number of hydrogen-bond acceptors (Lipinski definition) is 12. The molecular weight excluding hydrogens is 604 g/mol. The summed E-state index contributed by atoms with van der Waals surface area (Å²) in [5.41, 5.74) is 0. The molecule has 3 fully saturated rings. The molecule has 0 spiro atoms. The maximum absolute atomic E-state index is 14.0. The standard InChI is InChI=1S/C32H43N2O12/c1-41-27(35)20-19(21(28(36)42-2)24(31(39)45-5)23(20)30(38)44-4)22(29(37)43-3)25(32(40)46-6)26(33-17-13-9-7-10-14-17)34-18-15-11-8-12-16-18/h17-18,22,25H,7-16H2,1-6H3,(H,33,34)/p+1/t22-,25+/m0/s1. The summed E-state index contributed by atoms with van der Waals surface area (Å²) < 4.78 is 30.2. The van der Waals surface area contributed by atoms with Crippen molar-refractivity contribution in [2.45, 2.75) is 76.3 Å². The largest absolute Gasteiger partial charge is 0.469 e. The molecule has 2 N–H and O–H groups in total. The summed E-state index contributed by atoms with van der Waals surface area (Å²) in [6, 6.07) is -0.136. The Bertz CT molecular complexity index is 1100. The van der Waals surface area contributed by atoms with Crippen LogP contribution in [0.3, 0.4) is 0 Å². The molecule has 3 saturated carbocycles. The Morgan fingerprint density at radius 3 is 1.39 bits per heavy atom. The highest BCUT2D eigenvalue weighted by atomic mass is 16.5. The van der Waals surface area contributed by atoms with Gasteiger partial charge in [-0.2, -0.15) is 0 Å². The first-order valence-corrected chi connectivity index (χ1v) is 15.3. The smallest absolute Gasteiger partial charge is 0.321 e. The van der Waals surface area contributed by atoms with Crippen LogP contribution in [-0.4, -0.2) is 96.4 Å². The van der Waals surface area contributed by atoms with Gasteiger partial charge in [-0.25, -0.2) is 0 Å². The summed E-state index contributed by atoms with van der Waals surface area (Å²) in [7, 11) is 6.21. The Labute approximate surface area is 269 Å². The summed E-state index contributed by atoms with van der Waals surface area (Å²) in [6.07, 6.45) is 9.08. The second kappa shape index (κ2) is 17.3. The number of ether oxygens (including phenoxy) is 6. The zero-order valence-electron chi connectivity index (χ0n) is 27.3. The molecule has 0 bridgehead atoms. The Kier molecular flexibility index (Phi) is 13.8. The van der Waals surface area contributed by atoms with Gasteiger partial charge in [-0.05, 0) is 51.4 Å². The van der Waals surface area contributed by atoms with E-state index in [0.717, 1.165) is 107 Å². The quantitative estimate of drug-likeness (QED) is 0.131. The van der Waals surface area contributed by atoms with Crippen LogP contribution >= 0.6 is 0 Å². The first-order valence-electron chi connectivity index (χ1n) is 15.3. The Hall–Kier alpha value is -3.71. The lowest BCUT2D eigenvalue weighted by molar-refractivity contribution is -0.512. The van der Waals surface area contributed by atoms with Crippen molar-refractivity contribution in [3.8, 4) is 0 Å². The topological polar surface area (TPSA) is 184 Å². The molecule has 3 rings (SSSR count). The van der Waals surface area contributed by atoms with Crippen LogP contribution in [0.15, 0.2) is 0 Å². The lowest BCUT2D eigenvalue weighted by atomic mass is 9.70. The molecule has 46 heavy (non-hydrogen) atoms. The van der Waals surface area contributed by atoms with Crippen LogP contribution in [0.4, 0.5) is 0 Å². The van der Waals surface area contributed by atoms with Gasteiger partial charge in [0.25, 0.3) is 5.84 Å². The number of amidine groups is 1. The van der Waals surface area contributed by atoms with Gasteiger partial charge in [-0.3, -0.25) is 39.1 Å². The molecule has 0 aromatic heterocycles. The molecule has 0 heterocycles. The molecule has 0 amide bonds. The zero-order valence-corrected chi connectivity index (χ0v) is 27.3. The lowest BCUT2D eigenvalue weighted by Gasteiger charge is -2.33. The molecule has 0 aromatic rings. The summed E-state index contributed by atoms with van der Waals surface area (Å²) in [4.78, 5) is 84.8. The average Bonchev–Trinajstić information content (AvgIpc) is 3.44. The minimum atomic E-state index is -1.83. The minimum absolute atomic E-state index is 0.0682. The van der Waals surface area contributed by atoms with Crippen molar-refractivity contribution >= 4 is 41.7 Å².